The van der Waals surface area contributed by atoms with E-state index in [2.05, 4.69) is 207 Å². The van der Waals surface area contributed by atoms with Crippen LogP contribution in [0.3, 0.4) is 0 Å². The minimum Gasteiger partial charge on any atom is -0.311 e. The smallest absolute Gasteiger partial charge is 0.116 e. The minimum absolute atomic E-state index is 1.19. The van der Waals surface area contributed by atoms with Gasteiger partial charge in [-0.25, -0.2) is 0 Å². The van der Waals surface area contributed by atoms with Gasteiger partial charge in [0.2, 0.25) is 0 Å². The fourth-order valence-electron chi connectivity index (χ4n) is 9.30. The summed E-state index contributed by atoms with van der Waals surface area (Å²) in [6, 6.07) is 66.1. The number of nitrogens with zero attached hydrogens (tertiary/aromatic N) is 1. The van der Waals surface area contributed by atoms with Gasteiger partial charge in [0.15, 0.2) is 0 Å². The van der Waals surface area contributed by atoms with Crippen LogP contribution in [0.1, 0.15) is 0 Å². The topological polar surface area (TPSA) is 3.24 Å². The Kier molecular flexibility index (Phi) is 7.17. The van der Waals surface area contributed by atoms with Crippen molar-refractivity contribution in [3.8, 4) is 44.5 Å². The van der Waals surface area contributed by atoms with E-state index >= 15 is 0 Å². The van der Waals surface area contributed by atoms with E-state index in [4.69, 9.17) is 0 Å². The molecule has 0 bridgehead atoms. The van der Waals surface area contributed by atoms with Crippen molar-refractivity contribution in [2.75, 3.05) is 4.90 Å². The summed E-state index contributed by atoms with van der Waals surface area (Å²) >= 11 is 0. The highest BCUT2D eigenvalue weighted by Crippen LogP contribution is 2.42. The van der Waals surface area contributed by atoms with Gasteiger partial charge in [-0.3, -0.25) is 0 Å². The molecular weight excluding hydrogens is 671 g/mol. The van der Waals surface area contributed by atoms with Crippen LogP contribution < -0.4 is 25.6 Å². The largest absolute Gasteiger partial charge is 0.311 e. The van der Waals surface area contributed by atoms with Crippen LogP contribution in [0.25, 0.3) is 55.3 Å². The molecule has 0 saturated carbocycles. The Bertz CT molecular complexity index is 2740. The van der Waals surface area contributed by atoms with Gasteiger partial charge in [0.05, 0.1) is 0 Å². The maximum absolute atomic E-state index is 2.58. The molecule has 0 unspecified atom stereocenters. The van der Waals surface area contributed by atoms with Crippen molar-refractivity contribution in [2.45, 2.75) is 26.2 Å². The molecule has 0 fully saturated rings. The van der Waals surface area contributed by atoms with Crippen molar-refractivity contribution in [3.05, 3.63) is 176 Å². The van der Waals surface area contributed by atoms with Crippen LogP contribution >= 0.6 is 0 Å². The quantitative estimate of drug-likeness (QED) is 0.161. The zero-order chi connectivity index (χ0) is 35.9. The molecule has 10 rings (SSSR count). The summed E-state index contributed by atoms with van der Waals surface area (Å²) < 4.78 is 0. The van der Waals surface area contributed by atoms with E-state index in [-0.39, 0.29) is 0 Å². The molecule has 53 heavy (non-hydrogen) atoms. The summed E-state index contributed by atoms with van der Waals surface area (Å²) in [6.07, 6.45) is 0. The third-order valence-corrected chi connectivity index (χ3v) is 19.1. The molecule has 0 radical (unpaired) electrons. The lowest BCUT2D eigenvalue weighted by Gasteiger charge is -2.32. The van der Waals surface area contributed by atoms with Gasteiger partial charge >= 0.3 is 0 Å². The van der Waals surface area contributed by atoms with E-state index < -0.39 is 16.1 Å². The highest BCUT2D eigenvalue weighted by Gasteiger charge is 2.42. The van der Waals surface area contributed by atoms with Crippen molar-refractivity contribution >= 4 is 64.7 Å². The van der Waals surface area contributed by atoms with Gasteiger partial charge in [-0.15, -0.1) is 0 Å². The second-order valence-electron chi connectivity index (χ2n) is 15.8. The lowest BCUT2D eigenvalue weighted by molar-refractivity contribution is 1.30. The first-order valence-electron chi connectivity index (χ1n) is 18.8. The predicted octanol–water partition coefficient (Wildman–Crippen LogP) is 11.2. The first kappa shape index (κ1) is 31.9. The third-order valence-electron chi connectivity index (χ3n) is 12.0. The Labute approximate surface area is 314 Å². The number of rotatable bonds is 5. The van der Waals surface area contributed by atoms with Gasteiger partial charge in [0.25, 0.3) is 0 Å². The summed E-state index contributed by atoms with van der Waals surface area (Å²) in [4.78, 5) is 2.58. The van der Waals surface area contributed by atoms with Gasteiger partial charge in [-0.1, -0.05) is 166 Å². The van der Waals surface area contributed by atoms with Crippen molar-refractivity contribution in [2.24, 2.45) is 0 Å². The number of hydrogen-bond donors (Lipinski definition) is 0. The van der Waals surface area contributed by atoms with E-state index in [1.807, 2.05) is 0 Å². The molecule has 0 saturated heterocycles. The summed E-state index contributed by atoms with van der Waals surface area (Å²) in [5, 5.41) is 8.62. The molecule has 0 aliphatic carbocycles. The molecule has 8 aromatic carbocycles. The molecule has 0 aromatic heterocycles. The molecule has 1 nitrogen and oxygen atoms in total. The Morgan fingerprint density at radius 3 is 1.77 bits per heavy atom. The second kappa shape index (κ2) is 11.9. The van der Waals surface area contributed by atoms with Crippen LogP contribution in [-0.4, -0.2) is 16.1 Å². The highest BCUT2D eigenvalue weighted by atomic mass is 28.3. The fraction of sp³-hybridized carbons (Fsp3) is 0.0800. The second-order valence-corrected chi connectivity index (χ2v) is 24.4. The summed E-state index contributed by atoms with van der Waals surface area (Å²) in [6.45, 7) is 10.1. The van der Waals surface area contributed by atoms with Crippen molar-refractivity contribution in [3.63, 3.8) is 0 Å². The monoisotopic (exact) mass is 711 g/mol. The molecule has 2 heterocycles. The zero-order valence-corrected chi connectivity index (χ0v) is 32.7. The predicted molar refractivity (Wildman–Crippen MR) is 234 cm³/mol. The van der Waals surface area contributed by atoms with Crippen LogP contribution in [0.4, 0.5) is 17.1 Å². The van der Waals surface area contributed by atoms with E-state index in [1.54, 1.807) is 0 Å². The van der Waals surface area contributed by atoms with E-state index in [0.717, 1.165) is 0 Å². The SMILES string of the molecule is C[Si]1(C)c2cc(-c3ccccc3)ccc2-c2ccc(N(c3cccc(-c4ccc5ccccc5c4)c3)c3cccc4c3[Si](C)(C)c3ccccc3-4)cc21. The molecule has 8 aromatic rings. The summed E-state index contributed by atoms with van der Waals surface area (Å²) in [5.74, 6) is 0. The van der Waals surface area contributed by atoms with Crippen LogP contribution in [0.2, 0.25) is 26.2 Å². The maximum atomic E-state index is 2.58. The minimum atomic E-state index is -2.03. The Morgan fingerprint density at radius 2 is 0.925 bits per heavy atom. The lowest BCUT2D eigenvalue weighted by Crippen LogP contribution is -2.51. The fourth-order valence-corrected chi connectivity index (χ4v) is 15.8. The number of anilines is 3. The lowest BCUT2D eigenvalue weighted by atomic mass is 9.99. The average molecular weight is 712 g/mol. The zero-order valence-electron chi connectivity index (χ0n) is 30.7. The first-order chi connectivity index (χ1) is 25.8. The maximum Gasteiger partial charge on any atom is 0.116 e. The molecule has 0 atom stereocenters. The number of hydrogen-bond acceptors (Lipinski definition) is 1. The van der Waals surface area contributed by atoms with Gasteiger partial charge in [0.1, 0.15) is 16.1 Å². The molecule has 3 heteroatoms. The highest BCUT2D eigenvalue weighted by molar-refractivity contribution is 7.05. The average Bonchev–Trinajstić information content (AvgIpc) is 3.57. The third kappa shape index (κ3) is 4.95. The molecule has 2 aliphatic heterocycles. The Hall–Kier alpha value is -5.75. The van der Waals surface area contributed by atoms with Crippen molar-refractivity contribution in [1.82, 2.24) is 0 Å². The Balaban J connectivity index is 1.16. The van der Waals surface area contributed by atoms with E-state index in [0.29, 0.717) is 0 Å². The standard InChI is InChI=1S/C50H41NSi2/c1-52(2)48-32-39(34-14-6-5-7-15-34)26-28-43(48)44-29-27-41(33-49(44)52)51(46-22-13-21-45-42-20-10-11-23-47(42)53(3,4)50(45)46)40-19-12-18-37(31-40)38-25-24-35-16-8-9-17-36(35)30-38/h5-33H,1-4H3. The van der Waals surface area contributed by atoms with Crippen molar-refractivity contribution < 1.29 is 0 Å². The van der Waals surface area contributed by atoms with Gasteiger partial charge < -0.3 is 4.90 Å². The van der Waals surface area contributed by atoms with E-state index in [1.165, 1.54) is 93.1 Å². The number of benzene rings is 8. The van der Waals surface area contributed by atoms with Crippen LogP contribution in [0, 0.1) is 0 Å². The molecule has 0 N–H and O–H groups in total. The Morgan fingerprint density at radius 1 is 0.340 bits per heavy atom. The molecule has 2 aliphatic rings. The molecule has 0 amide bonds. The van der Waals surface area contributed by atoms with Crippen LogP contribution in [0.15, 0.2) is 176 Å². The normalized spacial score (nSPS) is 14.3. The first-order valence-corrected chi connectivity index (χ1v) is 24.8. The number of fused-ring (bicyclic) bond motifs is 7. The summed E-state index contributed by atoms with van der Waals surface area (Å²) in [5.41, 5.74) is 14.3. The summed E-state index contributed by atoms with van der Waals surface area (Å²) in [7, 11) is -4.07. The van der Waals surface area contributed by atoms with Crippen molar-refractivity contribution in [1.29, 1.82) is 0 Å². The van der Waals surface area contributed by atoms with Crippen LogP contribution in [-0.2, 0) is 0 Å². The van der Waals surface area contributed by atoms with Crippen LogP contribution in [0.5, 0.6) is 0 Å². The molecule has 254 valence electrons. The van der Waals surface area contributed by atoms with Gasteiger partial charge in [0, 0.05) is 17.1 Å². The van der Waals surface area contributed by atoms with Gasteiger partial charge in [-0.05, 0) is 112 Å². The van der Waals surface area contributed by atoms with E-state index in [9.17, 15) is 0 Å². The molecular formula is C50H41NSi2. The molecule has 0 spiro atoms. The van der Waals surface area contributed by atoms with Gasteiger partial charge in [-0.2, -0.15) is 0 Å².